The highest BCUT2D eigenvalue weighted by molar-refractivity contribution is 7.15. The summed E-state index contributed by atoms with van der Waals surface area (Å²) in [6, 6.07) is 10.7. The topological polar surface area (TPSA) is 108 Å². The maximum atomic E-state index is 13.1. The summed E-state index contributed by atoms with van der Waals surface area (Å²) in [4.78, 5) is 21.4. The molecule has 1 aromatic carbocycles. The molecular weight excluding hydrogens is 478 g/mol. The first kappa shape index (κ1) is 23.4. The van der Waals surface area contributed by atoms with Crippen molar-refractivity contribution >= 4 is 34.0 Å². The molecule has 0 fully saturated rings. The molecule has 34 heavy (non-hydrogen) atoms. The minimum Gasteiger partial charge on any atom is -0.497 e. The third kappa shape index (κ3) is 5.41. The van der Waals surface area contributed by atoms with Crippen LogP contribution in [0.1, 0.15) is 21.1 Å². The van der Waals surface area contributed by atoms with Crippen LogP contribution in [0.5, 0.6) is 17.2 Å². The van der Waals surface area contributed by atoms with Gasteiger partial charge in [-0.1, -0.05) is 29.0 Å². The van der Waals surface area contributed by atoms with E-state index in [0.29, 0.717) is 44.1 Å². The maximum absolute atomic E-state index is 13.1. The van der Waals surface area contributed by atoms with Crippen molar-refractivity contribution in [3.8, 4) is 28.4 Å². The molecule has 0 atom stereocenters. The van der Waals surface area contributed by atoms with Crippen LogP contribution in [-0.4, -0.2) is 40.3 Å². The average molecular weight is 498 g/mol. The molecule has 3 heterocycles. The van der Waals surface area contributed by atoms with Gasteiger partial charge in [-0.05, 0) is 31.2 Å². The lowest BCUT2D eigenvalue weighted by Crippen LogP contribution is -2.14. The highest BCUT2D eigenvalue weighted by Crippen LogP contribution is 2.34. The van der Waals surface area contributed by atoms with E-state index in [1.54, 1.807) is 25.3 Å². The first-order valence-corrected chi connectivity index (χ1v) is 11.2. The molecule has 1 amide bonds. The highest BCUT2D eigenvalue weighted by atomic mass is 35.5. The van der Waals surface area contributed by atoms with Crippen molar-refractivity contribution in [2.24, 2.45) is 0 Å². The van der Waals surface area contributed by atoms with Gasteiger partial charge in [-0.2, -0.15) is 0 Å². The number of anilines is 1. The summed E-state index contributed by atoms with van der Waals surface area (Å²) >= 11 is 7.31. The monoisotopic (exact) mass is 497 g/mol. The predicted molar refractivity (Wildman–Crippen MR) is 129 cm³/mol. The van der Waals surface area contributed by atoms with Crippen LogP contribution in [0.25, 0.3) is 11.1 Å². The number of carbonyl (C=O) groups excluding carboxylic acids is 1. The van der Waals surface area contributed by atoms with Gasteiger partial charge in [0.25, 0.3) is 5.91 Å². The van der Waals surface area contributed by atoms with Crippen LogP contribution in [0.15, 0.2) is 48.8 Å². The molecule has 0 saturated heterocycles. The molecule has 0 aliphatic carbocycles. The van der Waals surface area contributed by atoms with Crippen LogP contribution >= 0.6 is 22.9 Å². The molecule has 0 unspecified atom stereocenters. The number of carbonyl (C=O) groups is 1. The zero-order chi connectivity index (χ0) is 24.1. The number of methoxy groups -OCH3 is 2. The number of hydrogen-bond acceptors (Lipinski definition) is 9. The van der Waals surface area contributed by atoms with Gasteiger partial charge < -0.3 is 14.2 Å². The molecular formula is C23H20ClN5O4S. The van der Waals surface area contributed by atoms with E-state index >= 15 is 0 Å². The van der Waals surface area contributed by atoms with Crippen LogP contribution in [0, 0.1) is 6.92 Å². The molecule has 0 saturated carbocycles. The van der Waals surface area contributed by atoms with Crippen molar-refractivity contribution < 1.29 is 19.0 Å². The minimum atomic E-state index is -0.395. The van der Waals surface area contributed by atoms with E-state index in [4.69, 9.17) is 25.8 Å². The second kappa shape index (κ2) is 10.4. The Hall–Kier alpha value is -3.76. The Morgan fingerprint density at radius 3 is 2.65 bits per heavy atom. The van der Waals surface area contributed by atoms with Gasteiger partial charge in [-0.15, -0.1) is 10.2 Å². The summed E-state index contributed by atoms with van der Waals surface area (Å²) in [6.45, 7) is 2.03. The SMILES string of the molecule is COc1cccc(OCc2nnc(NC(=O)c3cnc(C)cc3-c3cc(Cl)ncc3OC)s2)c1. The van der Waals surface area contributed by atoms with E-state index in [1.165, 1.54) is 30.8 Å². The van der Waals surface area contributed by atoms with Gasteiger partial charge in [0.05, 0.1) is 26.0 Å². The van der Waals surface area contributed by atoms with Crippen molar-refractivity contribution in [3.05, 3.63) is 70.2 Å². The van der Waals surface area contributed by atoms with E-state index in [9.17, 15) is 4.79 Å². The predicted octanol–water partition coefficient (Wildman–Crippen LogP) is 4.81. The highest BCUT2D eigenvalue weighted by Gasteiger charge is 2.19. The van der Waals surface area contributed by atoms with Crippen LogP contribution in [0.3, 0.4) is 0 Å². The number of aromatic nitrogens is 4. The summed E-state index contributed by atoms with van der Waals surface area (Å²) < 4.78 is 16.3. The summed E-state index contributed by atoms with van der Waals surface area (Å²) in [6.07, 6.45) is 3.01. The molecule has 174 valence electrons. The number of ether oxygens (including phenoxy) is 3. The zero-order valence-electron chi connectivity index (χ0n) is 18.5. The molecule has 3 aromatic heterocycles. The van der Waals surface area contributed by atoms with Crippen molar-refractivity contribution in [1.82, 2.24) is 20.2 Å². The minimum absolute atomic E-state index is 0.199. The lowest BCUT2D eigenvalue weighted by molar-refractivity contribution is 0.102. The van der Waals surface area contributed by atoms with Crippen molar-refractivity contribution in [3.63, 3.8) is 0 Å². The number of nitrogens with zero attached hydrogens (tertiary/aromatic N) is 4. The first-order valence-electron chi connectivity index (χ1n) is 10.0. The number of pyridine rings is 2. The second-order valence-electron chi connectivity index (χ2n) is 7.00. The van der Waals surface area contributed by atoms with Crippen molar-refractivity contribution in [1.29, 1.82) is 0 Å². The number of benzene rings is 1. The maximum Gasteiger partial charge on any atom is 0.259 e. The third-order valence-corrected chi connectivity index (χ3v) is 5.74. The molecule has 0 aliphatic heterocycles. The fourth-order valence-corrected chi connectivity index (χ4v) is 3.92. The van der Waals surface area contributed by atoms with Crippen LogP contribution in [0.4, 0.5) is 5.13 Å². The van der Waals surface area contributed by atoms with E-state index < -0.39 is 5.91 Å². The standard InChI is InChI=1S/C23H20ClN5O4S/c1-13-7-16(17-9-20(24)26-11-19(17)32-3)18(10-25-13)22(30)27-23-29-28-21(34-23)12-33-15-6-4-5-14(8-15)31-2/h4-11H,12H2,1-3H3,(H,27,29,30). The molecule has 4 rings (SSSR count). The largest absolute Gasteiger partial charge is 0.497 e. The summed E-state index contributed by atoms with van der Waals surface area (Å²) in [5.74, 6) is 1.42. The zero-order valence-corrected chi connectivity index (χ0v) is 20.1. The number of hydrogen-bond donors (Lipinski definition) is 1. The molecule has 0 aliphatic rings. The molecule has 0 bridgehead atoms. The second-order valence-corrected chi connectivity index (χ2v) is 8.45. The van der Waals surface area contributed by atoms with Gasteiger partial charge in [0.1, 0.15) is 29.0 Å². The summed E-state index contributed by atoms with van der Waals surface area (Å²) in [7, 11) is 3.12. The van der Waals surface area contributed by atoms with Crippen LogP contribution < -0.4 is 19.5 Å². The normalized spacial score (nSPS) is 10.6. The number of amides is 1. The van der Waals surface area contributed by atoms with E-state index in [1.807, 2.05) is 25.1 Å². The quantitative estimate of drug-likeness (QED) is 0.346. The number of rotatable bonds is 8. The Morgan fingerprint density at radius 2 is 1.85 bits per heavy atom. The van der Waals surface area contributed by atoms with Gasteiger partial charge in [0.2, 0.25) is 5.13 Å². The summed E-state index contributed by atoms with van der Waals surface area (Å²) in [5, 5.41) is 12.1. The van der Waals surface area contributed by atoms with Gasteiger partial charge in [-0.25, -0.2) is 4.98 Å². The Bertz CT molecular complexity index is 1330. The number of halogens is 1. The lowest BCUT2D eigenvalue weighted by Gasteiger charge is -2.13. The molecule has 11 heteroatoms. The number of nitrogens with one attached hydrogen (secondary N) is 1. The van der Waals surface area contributed by atoms with Gasteiger partial charge in [0, 0.05) is 29.1 Å². The molecule has 1 N–H and O–H groups in total. The van der Waals surface area contributed by atoms with E-state index in [2.05, 4.69) is 25.5 Å². The van der Waals surface area contributed by atoms with Gasteiger partial charge >= 0.3 is 0 Å². The van der Waals surface area contributed by atoms with E-state index in [0.717, 1.165) is 5.69 Å². The molecule has 4 aromatic rings. The Balaban J connectivity index is 1.52. The van der Waals surface area contributed by atoms with Gasteiger partial charge in [0.15, 0.2) is 5.01 Å². The first-order chi connectivity index (χ1) is 16.5. The van der Waals surface area contributed by atoms with Gasteiger partial charge in [-0.3, -0.25) is 15.1 Å². The van der Waals surface area contributed by atoms with Crippen LogP contribution in [-0.2, 0) is 6.61 Å². The molecule has 9 nitrogen and oxygen atoms in total. The Labute approximate surface area is 204 Å². The fourth-order valence-electron chi connectivity index (χ4n) is 3.12. The number of aryl methyl sites for hydroxylation is 1. The van der Waals surface area contributed by atoms with E-state index in [-0.39, 0.29) is 11.8 Å². The Morgan fingerprint density at radius 1 is 1.03 bits per heavy atom. The molecule has 0 spiro atoms. The fraction of sp³-hybridized carbons (Fsp3) is 0.174. The average Bonchev–Trinajstić information content (AvgIpc) is 3.29. The van der Waals surface area contributed by atoms with Crippen LogP contribution in [0.2, 0.25) is 5.15 Å². The lowest BCUT2D eigenvalue weighted by atomic mass is 10.0. The third-order valence-electron chi connectivity index (χ3n) is 4.72. The Kier molecular flexibility index (Phi) is 7.19. The van der Waals surface area contributed by atoms with Crippen molar-refractivity contribution in [2.45, 2.75) is 13.5 Å². The smallest absolute Gasteiger partial charge is 0.259 e. The van der Waals surface area contributed by atoms with Crippen molar-refractivity contribution in [2.75, 3.05) is 19.5 Å². The molecule has 0 radical (unpaired) electrons. The summed E-state index contributed by atoms with van der Waals surface area (Å²) in [5.41, 5.74) is 2.30.